The lowest BCUT2D eigenvalue weighted by Crippen LogP contribution is -2.04. The molecule has 0 fully saturated rings. The molecule has 0 saturated carbocycles. The molecule has 0 N–H and O–H groups in total. The van der Waals surface area contributed by atoms with Crippen LogP contribution in [0, 0.1) is 0 Å². The Morgan fingerprint density at radius 2 is 1.88 bits per heavy atom. The zero-order chi connectivity index (χ0) is 11.8. The number of pyridine rings is 1. The Bertz CT molecular complexity index is 712. The molecule has 84 valence electrons. The predicted molar refractivity (Wildman–Crippen MR) is 66.2 cm³/mol. The summed E-state index contributed by atoms with van der Waals surface area (Å²) in [5.41, 5.74) is 2.55. The molecular formula is C14H11NO2. The molecule has 3 nitrogen and oxygen atoms in total. The van der Waals surface area contributed by atoms with Crippen molar-refractivity contribution < 1.29 is 9.53 Å². The highest BCUT2D eigenvalue weighted by molar-refractivity contribution is 6.01. The number of aromatic nitrogens is 1. The Labute approximate surface area is 98.2 Å². The van der Waals surface area contributed by atoms with E-state index >= 15 is 0 Å². The van der Waals surface area contributed by atoms with Gasteiger partial charge in [0.1, 0.15) is 0 Å². The van der Waals surface area contributed by atoms with Crippen LogP contribution in [-0.2, 0) is 4.74 Å². The molecule has 0 aliphatic heterocycles. The Kier molecular flexibility index (Phi) is 2.11. The molecule has 0 aliphatic carbocycles. The third kappa shape index (κ3) is 1.40. The lowest BCUT2D eigenvalue weighted by atomic mass is 10.1. The highest BCUT2D eigenvalue weighted by Crippen LogP contribution is 2.22. The number of nitrogens with zero attached hydrogens (tertiary/aromatic N) is 1. The average Bonchev–Trinajstić information content (AvgIpc) is 2.86. The van der Waals surface area contributed by atoms with Gasteiger partial charge in [-0.1, -0.05) is 18.2 Å². The molecule has 0 amide bonds. The number of benzene rings is 1. The van der Waals surface area contributed by atoms with Crippen molar-refractivity contribution in [2.45, 2.75) is 0 Å². The van der Waals surface area contributed by atoms with Crippen molar-refractivity contribution in [3.63, 3.8) is 0 Å². The van der Waals surface area contributed by atoms with Crippen molar-refractivity contribution in [1.29, 1.82) is 0 Å². The van der Waals surface area contributed by atoms with Gasteiger partial charge in [0, 0.05) is 6.20 Å². The largest absolute Gasteiger partial charge is 0.465 e. The molecule has 0 radical (unpaired) electrons. The fourth-order valence-corrected chi connectivity index (χ4v) is 2.14. The molecule has 3 heteroatoms. The SMILES string of the molecule is COC(=O)c1cc2ccccc2n2cccc12. The van der Waals surface area contributed by atoms with Crippen LogP contribution in [0.5, 0.6) is 0 Å². The molecule has 17 heavy (non-hydrogen) atoms. The van der Waals surface area contributed by atoms with Gasteiger partial charge in [-0.25, -0.2) is 4.79 Å². The minimum atomic E-state index is -0.306. The summed E-state index contributed by atoms with van der Waals surface area (Å²) in [4.78, 5) is 11.7. The van der Waals surface area contributed by atoms with E-state index < -0.39 is 0 Å². The minimum absolute atomic E-state index is 0.306. The first-order chi connectivity index (χ1) is 8.31. The minimum Gasteiger partial charge on any atom is -0.465 e. The van der Waals surface area contributed by atoms with Gasteiger partial charge in [-0.2, -0.15) is 0 Å². The molecule has 2 heterocycles. The van der Waals surface area contributed by atoms with E-state index in [-0.39, 0.29) is 5.97 Å². The van der Waals surface area contributed by atoms with Crippen LogP contribution in [0.15, 0.2) is 48.7 Å². The number of ether oxygens (including phenoxy) is 1. The molecule has 1 aromatic carbocycles. The van der Waals surface area contributed by atoms with E-state index in [4.69, 9.17) is 4.74 Å². The van der Waals surface area contributed by atoms with Crippen molar-refractivity contribution in [2.75, 3.05) is 7.11 Å². The maximum atomic E-state index is 11.7. The van der Waals surface area contributed by atoms with Crippen molar-refractivity contribution >= 4 is 22.4 Å². The summed E-state index contributed by atoms with van der Waals surface area (Å²) in [5.74, 6) is -0.306. The van der Waals surface area contributed by atoms with Crippen molar-refractivity contribution in [1.82, 2.24) is 4.40 Å². The summed E-state index contributed by atoms with van der Waals surface area (Å²) in [6.07, 6.45) is 1.95. The second-order valence-electron chi connectivity index (χ2n) is 3.87. The van der Waals surface area contributed by atoms with Crippen LogP contribution >= 0.6 is 0 Å². The molecule has 0 aliphatic rings. The maximum Gasteiger partial charge on any atom is 0.340 e. The summed E-state index contributed by atoms with van der Waals surface area (Å²) in [5, 5.41) is 1.02. The number of hydrogen-bond acceptors (Lipinski definition) is 2. The highest BCUT2D eigenvalue weighted by atomic mass is 16.5. The van der Waals surface area contributed by atoms with Gasteiger partial charge >= 0.3 is 5.97 Å². The normalized spacial score (nSPS) is 10.9. The Hall–Kier alpha value is -2.29. The first kappa shape index (κ1) is 9.90. The van der Waals surface area contributed by atoms with E-state index in [0.29, 0.717) is 5.56 Å². The van der Waals surface area contributed by atoms with Crippen molar-refractivity contribution in [2.24, 2.45) is 0 Å². The lowest BCUT2D eigenvalue weighted by Gasteiger charge is -2.07. The Morgan fingerprint density at radius 3 is 2.71 bits per heavy atom. The van der Waals surface area contributed by atoms with Gasteiger partial charge in [0.25, 0.3) is 0 Å². The summed E-state index contributed by atoms with van der Waals surface area (Å²) >= 11 is 0. The number of fused-ring (bicyclic) bond motifs is 3. The van der Waals surface area contributed by atoms with Gasteiger partial charge in [-0.05, 0) is 29.7 Å². The van der Waals surface area contributed by atoms with E-state index in [2.05, 4.69) is 0 Å². The summed E-state index contributed by atoms with van der Waals surface area (Å²) in [7, 11) is 1.40. The van der Waals surface area contributed by atoms with Gasteiger partial charge in [0.15, 0.2) is 0 Å². The van der Waals surface area contributed by atoms with Gasteiger partial charge in [0.2, 0.25) is 0 Å². The van der Waals surface area contributed by atoms with E-state index in [1.54, 1.807) is 0 Å². The Balaban J connectivity index is 2.48. The van der Waals surface area contributed by atoms with E-state index in [1.807, 2.05) is 53.1 Å². The Morgan fingerprint density at radius 1 is 1.12 bits per heavy atom. The number of carbonyl (C=O) groups excluding carboxylic acids is 1. The second-order valence-corrected chi connectivity index (χ2v) is 3.87. The molecule has 0 saturated heterocycles. The number of para-hydroxylation sites is 1. The van der Waals surface area contributed by atoms with Crippen LogP contribution < -0.4 is 0 Å². The zero-order valence-electron chi connectivity index (χ0n) is 9.38. The zero-order valence-corrected chi connectivity index (χ0v) is 9.38. The average molecular weight is 225 g/mol. The van der Waals surface area contributed by atoms with E-state index in [9.17, 15) is 4.79 Å². The monoisotopic (exact) mass is 225 g/mol. The van der Waals surface area contributed by atoms with Crippen LogP contribution in [0.4, 0.5) is 0 Å². The topological polar surface area (TPSA) is 30.7 Å². The summed E-state index contributed by atoms with van der Waals surface area (Å²) < 4.78 is 6.81. The second kappa shape index (κ2) is 3.63. The van der Waals surface area contributed by atoms with Crippen LogP contribution in [0.25, 0.3) is 16.4 Å². The highest BCUT2D eigenvalue weighted by Gasteiger charge is 2.12. The van der Waals surface area contributed by atoms with Crippen LogP contribution in [0.3, 0.4) is 0 Å². The number of rotatable bonds is 1. The van der Waals surface area contributed by atoms with Gasteiger partial charge in [-0.3, -0.25) is 0 Å². The standard InChI is InChI=1S/C14H11NO2/c1-17-14(16)11-9-10-5-2-3-6-12(10)15-8-4-7-13(11)15/h2-9H,1H3. The number of methoxy groups -OCH3 is 1. The third-order valence-corrected chi connectivity index (χ3v) is 2.93. The molecule has 0 atom stereocenters. The molecule has 2 aromatic heterocycles. The van der Waals surface area contributed by atoms with Crippen molar-refractivity contribution in [3.05, 3.63) is 54.2 Å². The first-order valence-electron chi connectivity index (χ1n) is 5.38. The summed E-state index contributed by atoms with van der Waals surface area (Å²) in [6.45, 7) is 0. The quantitative estimate of drug-likeness (QED) is 0.596. The molecule has 0 unspecified atom stereocenters. The van der Waals surface area contributed by atoms with Crippen LogP contribution in [0.2, 0.25) is 0 Å². The molecule has 0 bridgehead atoms. The molecule has 3 rings (SSSR count). The maximum absolute atomic E-state index is 11.7. The van der Waals surface area contributed by atoms with E-state index in [0.717, 1.165) is 16.4 Å². The third-order valence-electron chi connectivity index (χ3n) is 2.93. The molecule has 0 spiro atoms. The number of esters is 1. The first-order valence-corrected chi connectivity index (χ1v) is 5.38. The number of carbonyl (C=O) groups is 1. The van der Waals surface area contributed by atoms with Gasteiger partial charge < -0.3 is 9.14 Å². The van der Waals surface area contributed by atoms with Gasteiger partial charge in [-0.15, -0.1) is 0 Å². The molecule has 3 aromatic rings. The van der Waals surface area contributed by atoms with Gasteiger partial charge in [0.05, 0.1) is 23.7 Å². The van der Waals surface area contributed by atoms with Crippen LogP contribution in [0.1, 0.15) is 10.4 Å². The number of hydrogen-bond donors (Lipinski definition) is 0. The fraction of sp³-hybridized carbons (Fsp3) is 0.0714. The van der Waals surface area contributed by atoms with Crippen LogP contribution in [-0.4, -0.2) is 17.5 Å². The smallest absolute Gasteiger partial charge is 0.340 e. The van der Waals surface area contributed by atoms with Crippen molar-refractivity contribution in [3.8, 4) is 0 Å². The van der Waals surface area contributed by atoms with E-state index in [1.165, 1.54) is 7.11 Å². The molecular weight excluding hydrogens is 214 g/mol. The lowest BCUT2D eigenvalue weighted by molar-refractivity contribution is 0.0603. The summed E-state index contributed by atoms with van der Waals surface area (Å²) in [6, 6.07) is 13.7. The predicted octanol–water partition coefficient (Wildman–Crippen LogP) is 2.88. The fourth-order valence-electron chi connectivity index (χ4n) is 2.14.